The zero-order valence-corrected chi connectivity index (χ0v) is 24.9. The van der Waals surface area contributed by atoms with Gasteiger partial charge in [0.05, 0.1) is 0 Å². The topological polar surface area (TPSA) is 15.3 Å². The number of likely N-dealkylation sites (tertiary alicyclic amines) is 1. The second kappa shape index (κ2) is 17.5. The van der Waals surface area contributed by atoms with Gasteiger partial charge in [-0.3, -0.25) is 0 Å². The standard InChI is InChI=1S/C30H38N2.C3H8.C2H6/c1-6-8-9-12-19-30(31-29-18-11-10-15-25(29)4)20-22-32(23-21-30)26(5)28-17-13-16-24(3)27(28)14-7-2;1-3-2;1-2/h6-18,31H,5,19-23H2,1-4H3;3H2,1-2H3;1-2H3/b8-6-,12-9-,14-7-;;. The molecule has 2 heteroatoms. The summed E-state index contributed by atoms with van der Waals surface area (Å²) in [7, 11) is 0. The third kappa shape index (κ3) is 9.76. The molecule has 0 aromatic heterocycles. The Morgan fingerprint density at radius 3 is 2.14 bits per heavy atom. The van der Waals surface area contributed by atoms with E-state index in [0.717, 1.165) is 38.0 Å². The molecule has 0 bridgehead atoms. The molecule has 0 radical (unpaired) electrons. The quantitative estimate of drug-likeness (QED) is 0.363. The monoisotopic (exact) mass is 500 g/mol. The molecule has 0 amide bonds. The van der Waals surface area contributed by atoms with Crippen molar-refractivity contribution in [1.82, 2.24) is 4.90 Å². The molecule has 2 nitrogen and oxygen atoms in total. The second-order valence-electron chi connectivity index (χ2n) is 9.56. The number of nitrogens with one attached hydrogen (secondary N) is 1. The van der Waals surface area contributed by atoms with Gasteiger partial charge in [-0.1, -0.05) is 114 Å². The zero-order valence-electron chi connectivity index (χ0n) is 24.9. The Labute approximate surface area is 228 Å². The van der Waals surface area contributed by atoms with Crippen LogP contribution in [0.3, 0.4) is 0 Å². The lowest BCUT2D eigenvalue weighted by molar-refractivity contribution is 0.238. The van der Waals surface area contributed by atoms with E-state index in [1.165, 1.54) is 34.4 Å². The molecule has 0 unspecified atom stereocenters. The number of rotatable bonds is 8. The molecule has 1 aliphatic heterocycles. The van der Waals surface area contributed by atoms with E-state index in [9.17, 15) is 0 Å². The summed E-state index contributed by atoms with van der Waals surface area (Å²) >= 11 is 0. The minimum Gasteiger partial charge on any atom is -0.379 e. The molecular formula is C35H52N2. The van der Waals surface area contributed by atoms with E-state index in [-0.39, 0.29) is 5.54 Å². The Kier molecular flexibility index (Phi) is 15.1. The summed E-state index contributed by atoms with van der Waals surface area (Å²) in [4.78, 5) is 2.47. The number of benzene rings is 2. The number of nitrogens with zero attached hydrogens (tertiary/aromatic N) is 1. The molecule has 1 heterocycles. The van der Waals surface area contributed by atoms with Crippen molar-refractivity contribution in [2.24, 2.45) is 0 Å². The highest BCUT2D eigenvalue weighted by Crippen LogP contribution is 2.35. The lowest BCUT2D eigenvalue weighted by Crippen LogP contribution is -2.48. The van der Waals surface area contributed by atoms with E-state index >= 15 is 0 Å². The summed E-state index contributed by atoms with van der Waals surface area (Å²) in [6, 6.07) is 15.1. The lowest BCUT2D eigenvalue weighted by Gasteiger charge is -2.44. The fourth-order valence-corrected chi connectivity index (χ4v) is 4.56. The van der Waals surface area contributed by atoms with Crippen LogP contribution in [-0.2, 0) is 0 Å². The van der Waals surface area contributed by atoms with Gasteiger partial charge in [0, 0.05) is 35.6 Å². The highest BCUT2D eigenvalue weighted by Gasteiger charge is 2.34. The maximum Gasteiger partial charge on any atom is 0.0441 e. The molecule has 1 N–H and O–H groups in total. The zero-order chi connectivity index (χ0) is 27.7. The van der Waals surface area contributed by atoms with E-state index < -0.39 is 0 Å². The minimum absolute atomic E-state index is 0.0553. The van der Waals surface area contributed by atoms with E-state index in [2.05, 4.69) is 137 Å². The Hall–Kier alpha value is -3.00. The summed E-state index contributed by atoms with van der Waals surface area (Å²) in [6.07, 6.45) is 17.4. The molecule has 0 spiro atoms. The molecular weight excluding hydrogens is 448 g/mol. The van der Waals surface area contributed by atoms with E-state index in [4.69, 9.17) is 0 Å². The highest BCUT2D eigenvalue weighted by molar-refractivity contribution is 5.74. The van der Waals surface area contributed by atoms with Crippen LogP contribution in [0.2, 0.25) is 0 Å². The van der Waals surface area contributed by atoms with Crippen LogP contribution in [0.25, 0.3) is 11.8 Å². The third-order valence-electron chi connectivity index (χ3n) is 6.56. The Morgan fingerprint density at radius 1 is 0.919 bits per heavy atom. The normalized spacial score (nSPS) is 14.8. The molecule has 2 aromatic carbocycles. The van der Waals surface area contributed by atoms with Gasteiger partial charge in [-0.2, -0.15) is 0 Å². The van der Waals surface area contributed by atoms with Crippen molar-refractivity contribution >= 4 is 17.5 Å². The van der Waals surface area contributed by atoms with Gasteiger partial charge in [-0.25, -0.2) is 0 Å². The first kappa shape index (κ1) is 32.0. The predicted octanol–water partition coefficient (Wildman–Crippen LogP) is 10.2. The van der Waals surface area contributed by atoms with Crippen molar-refractivity contribution in [3.8, 4) is 0 Å². The highest BCUT2D eigenvalue weighted by atomic mass is 15.2. The van der Waals surface area contributed by atoms with Gasteiger partial charge < -0.3 is 10.2 Å². The molecule has 1 aliphatic rings. The first-order valence-electron chi connectivity index (χ1n) is 14.2. The average molecular weight is 501 g/mol. The van der Waals surface area contributed by atoms with Crippen molar-refractivity contribution in [3.05, 3.63) is 102 Å². The van der Waals surface area contributed by atoms with Crippen LogP contribution >= 0.6 is 0 Å². The molecule has 0 atom stereocenters. The molecule has 2 aromatic rings. The largest absolute Gasteiger partial charge is 0.379 e. The SMILES string of the molecule is C=C(c1cccc(C)c1/C=C\C)N1CCC(C/C=C\C=C/C)(Nc2ccccc2C)CC1.CC.CCC. The lowest BCUT2D eigenvalue weighted by atomic mass is 9.83. The molecule has 0 aliphatic carbocycles. The van der Waals surface area contributed by atoms with Crippen LogP contribution in [0.4, 0.5) is 5.69 Å². The fourth-order valence-electron chi connectivity index (χ4n) is 4.56. The van der Waals surface area contributed by atoms with Gasteiger partial charge >= 0.3 is 0 Å². The number of aryl methyl sites for hydroxylation is 2. The van der Waals surface area contributed by atoms with Crippen LogP contribution in [0.15, 0.2) is 79.4 Å². The van der Waals surface area contributed by atoms with Gasteiger partial charge in [-0.15, -0.1) is 0 Å². The van der Waals surface area contributed by atoms with E-state index in [1.54, 1.807) is 0 Å². The first-order valence-corrected chi connectivity index (χ1v) is 14.2. The van der Waals surface area contributed by atoms with Crippen LogP contribution in [0.1, 0.15) is 89.5 Å². The number of piperidine rings is 1. The Bertz CT molecular complexity index is 1020. The maximum atomic E-state index is 4.51. The Balaban J connectivity index is 0.00000127. The van der Waals surface area contributed by atoms with Crippen molar-refractivity contribution in [1.29, 1.82) is 0 Å². The van der Waals surface area contributed by atoms with Crippen molar-refractivity contribution < 1.29 is 0 Å². The predicted molar refractivity (Wildman–Crippen MR) is 169 cm³/mol. The number of hydrogen-bond donors (Lipinski definition) is 1. The third-order valence-corrected chi connectivity index (χ3v) is 6.56. The first-order chi connectivity index (χ1) is 17.9. The maximum absolute atomic E-state index is 4.51. The van der Waals surface area contributed by atoms with Crippen molar-refractivity contribution in [3.63, 3.8) is 0 Å². The summed E-state index contributed by atoms with van der Waals surface area (Å²) < 4.78 is 0. The fraction of sp³-hybridized carbons (Fsp3) is 0.429. The van der Waals surface area contributed by atoms with Gasteiger partial charge in [0.2, 0.25) is 0 Å². The smallest absolute Gasteiger partial charge is 0.0441 e. The van der Waals surface area contributed by atoms with Gasteiger partial charge in [-0.05, 0) is 69.7 Å². The van der Waals surface area contributed by atoms with Crippen LogP contribution in [0.5, 0.6) is 0 Å². The molecule has 37 heavy (non-hydrogen) atoms. The second-order valence-corrected chi connectivity index (χ2v) is 9.56. The molecule has 1 saturated heterocycles. The van der Waals surface area contributed by atoms with Gasteiger partial charge in [0.25, 0.3) is 0 Å². The summed E-state index contributed by atoms with van der Waals surface area (Å²) in [6.45, 7) is 23.3. The summed E-state index contributed by atoms with van der Waals surface area (Å²) in [5, 5.41) is 3.94. The van der Waals surface area contributed by atoms with Crippen LogP contribution in [0, 0.1) is 13.8 Å². The average Bonchev–Trinajstić information content (AvgIpc) is 2.91. The van der Waals surface area contributed by atoms with Gasteiger partial charge in [0.15, 0.2) is 0 Å². The Morgan fingerprint density at radius 2 is 1.54 bits per heavy atom. The van der Waals surface area contributed by atoms with Crippen LogP contribution in [-0.4, -0.2) is 23.5 Å². The van der Waals surface area contributed by atoms with E-state index in [0.29, 0.717) is 0 Å². The molecule has 0 saturated carbocycles. The summed E-state index contributed by atoms with van der Waals surface area (Å²) in [5.41, 5.74) is 7.55. The van der Waals surface area contributed by atoms with Crippen molar-refractivity contribution in [2.75, 3.05) is 18.4 Å². The van der Waals surface area contributed by atoms with Crippen molar-refractivity contribution in [2.45, 2.75) is 86.6 Å². The summed E-state index contributed by atoms with van der Waals surface area (Å²) in [5.74, 6) is 0. The number of para-hydroxylation sites is 1. The van der Waals surface area contributed by atoms with E-state index in [1.807, 2.05) is 13.8 Å². The molecule has 202 valence electrons. The van der Waals surface area contributed by atoms with Crippen LogP contribution < -0.4 is 5.32 Å². The minimum atomic E-state index is 0.0553. The molecule has 1 fully saturated rings. The van der Waals surface area contributed by atoms with Gasteiger partial charge in [0.1, 0.15) is 0 Å². The number of anilines is 1. The number of hydrogen-bond acceptors (Lipinski definition) is 2. The molecule has 3 rings (SSSR count). The number of allylic oxidation sites excluding steroid dienone is 4.